The first kappa shape index (κ1) is 14.7. The lowest BCUT2D eigenvalue weighted by atomic mass is 10.1. The number of alkyl halides is 3. The highest BCUT2D eigenvalue weighted by Crippen LogP contribution is 2.22. The Morgan fingerprint density at radius 1 is 1.19 bits per heavy atom. The van der Waals surface area contributed by atoms with Crippen molar-refractivity contribution in [2.24, 2.45) is 0 Å². The van der Waals surface area contributed by atoms with Gasteiger partial charge in [0.2, 0.25) is 5.88 Å². The molecule has 1 aromatic rings. The minimum absolute atomic E-state index is 0.0757. The summed E-state index contributed by atoms with van der Waals surface area (Å²) in [6.07, 6.45) is -4.68. The molecule has 0 unspecified atom stereocenters. The predicted octanol–water partition coefficient (Wildman–Crippen LogP) is 4.13. The van der Waals surface area contributed by atoms with E-state index in [0.29, 0.717) is 5.69 Å². The van der Waals surface area contributed by atoms with Gasteiger partial charge in [0, 0.05) is 11.8 Å². The van der Waals surface area contributed by atoms with Gasteiger partial charge in [-0.3, -0.25) is 0 Å². The van der Waals surface area contributed by atoms with E-state index in [0.717, 1.165) is 0 Å². The highest BCUT2D eigenvalue weighted by molar-refractivity contribution is 5.17. The van der Waals surface area contributed by atoms with Crippen molar-refractivity contribution in [3.63, 3.8) is 0 Å². The number of aromatic nitrogens is 1. The molecule has 0 spiro atoms. The zero-order valence-electron chi connectivity index (χ0n) is 9.80. The van der Waals surface area contributed by atoms with Crippen LogP contribution < -0.4 is 4.74 Å². The lowest BCUT2D eigenvalue weighted by Crippen LogP contribution is -2.18. The Kier molecular flexibility index (Phi) is 5.85. The molecule has 2 nitrogen and oxygen atoms in total. The molecule has 16 heavy (non-hydrogen) atoms. The summed E-state index contributed by atoms with van der Waals surface area (Å²) in [4.78, 5) is 3.72. The first-order chi connectivity index (χ1) is 7.38. The predicted molar refractivity (Wildman–Crippen MR) is 56.4 cm³/mol. The third-order valence-electron chi connectivity index (χ3n) is 1.56. The molecule has 5 heteroatoms. The Labute approximate surface area is 93.5 Å². The van der Waals surface area contributed by atoms with E-state index < -0.39 is 12.2 Å². The van der Waals surface area contributed by atoms with Gasteiger partial charge in [0.25, 0.3) is 0 Å². The van der Waals surface area contributed by atoms with Crippen LogP contribution in [0.1, 0.15) is 39.3 Å². The van der Waals surface area contributed by atoms with Crippen molar-refractivity contribution in [2.75, 3.05) is 0 Å². The molecule has 1 aromatic heterocycles. The van der Waals surface area contributed by atoms with Gasteiger partial charge in [-0.05, 0) is 12.0 Å². The largest absolute Gasteiger partial charge is 0.574 e. The molecule has 0 fully saturated rings. The van der Waals surface area contributed by atoms with Crippen molar-refractivity contribution in [1.82, 2.24) is 4.98 Å². The summed E-state index contributed by atoms with van der Waals surface area (Å²) in [5.41, 5.74) is 0.576. The molecule has 0 aliphatic heterocycles. The topological polar surface area (TPSA) is 22.1 Å². The van der Waals surface area contributed by atoms with Crippen LogP contribution in [0.3, 0.4) is 0 Å². The van der Waals surface area contributed by atoms with Crippen LogP contribution in [-0.2, 0) is 0 Å². The summed E-state index contributed by atoms with van der Waals surface area (Å²) in [5.74, 6) is -0.338. The maximum absolute atomic E-state index is 11.8. The summed E-state index contributed by atoms with van der Waals surface area (Å²) in [6, 6.07) is 4.33. The number of pyridine rings is 1. The summed E-state index contributed by atoms with van der Waals surface area (Å²) in [6.45, 7) is 7.69. The fourth-order valence-electron chi connectivity index (χ4n) is 0.928. The molecule has 1 rings (SSSR count). The van der Waals surface area contributed by atoms with Crippen molar-refractivity contribution >= 4 is 0 Å². The van der Waals surface area contributed by atoms with E-state index in [9.17, 15) is 13.2 Å². The van der Waals surface area contributed by atoms with Gasteiger partial charge in [0.05, 0.1) is 0 Å². The fourth-order valence-corrected chi connectivity index (χ4v) is 0.928. The van der Waals surface area contributed by atoms with Gasteiger partial charge in [-0.25, -0.2) is 4.98 Å². The number of nitrogens with zero attached hydrogens (tertiary/aromatic N) is 1. The van der Waals surface area contributed by atoms with E-state index in [1.54, 1.807) is 6.07 Å². The van der Waals surface area contributed by atoms with E-state index in [1.165, 1.54) is 12.1 Å². The van der Waals surface area contributed by atoms with Crippen LogP contribution in [0, 0.1) is 0 Å². The molecule has 92 valence electrons. The summed E-state index contributed by atoms with van der Waals surface area (Å²) >= 11 is 0. The van der Waals surface area contributed by atoms with Crippen molar-refractivity contribution < 1.29 is 17.9 Å². The summed E-state index contributed by atoms with van der Waals surface area (Å²) in [7, 11) is 0. The van der Waals surface area contributed by atoms with Crippen LogP contribution in [0.5, 0.6) is 5.88 Å². The van der Waals surface area contributed by atoms with Crippen molar-refractivity contribution in [1.29, 1.82) is 0 Å². The third-order valence-corrected chi connectivity index (χ3v) is 1.56. The van der Waals surface area contributed by atoms with Gasteiger partial charge >= 0.3 is 6.36 Å². The van der Waals surface area contributed by atoms with Gasteiger partial charge in [-0.1, -0.05) is 33.8 Å². The minimum Gasteiger partial charge on any atom is -0.388 e. The van der Waals surface area contributed by atoms with Crippen LogP contribution >= 0.6 is 0 Å². The van der Waals surface area contributed by atoms with Gasteiger partial charge < -0.3 is 4.74 Å². The molecule has 0 amide bonds. The van der Waals surface area contributed by atoms with Crippen LogP contribution in [0.15, 0.2) is 18.2 Å². The number of hydrogen-bond donors (Lipinski definition) is 0. The highest BCUT2D eigenvalue weighted by Gasteiger charge is 2.31. The number of halogens is 3. The monoisotopic (exact) mass is 235 g/mol. The first-order valence-electron chi connectivity index (χ1n) is 5.11. The molecule has 0 radical (unpaired) electrons. The lowest BCUT2D eigenvalue weighted by Gasteiger charge is -2.10. The number of ether oxygens (including phenoxy) is 1. The Hall–Kier alpha value is -1.26. The zero-order valence-corrected chi connectivity index (χ0v) is 9.80. The average Bonchev–Trinajstić information content (AvgIpc) is 2.18. The highest BCUT2D eigenvalue weighted by atomic mass is 19.4. The number of hydrogen-bond acceptors (Lipinski definition) is 2. The molecule has 0 aliphatic carbocycles. The van der Waals surface area contributed by atoms with E-state index in [4.69, 9.17) is 0 Å². The summed E-state index contributed by atoms with van der Waals surface area (Å²) in [5, 5.41) is 0. The van der Waals surface area contributed by atoms with Crippen molar-refractivity contribution in [2.45, 2.75) is 40.0 Å². The van der Waals surface area contributed by atoms with Gasteiger partial charge in [0.15, 0.2) is 0 Å². The smallest absolute Gasteiger partial charge is 0.388 e. The van der Waals surface area contributed by atoms with E-state index in [-0.39, 0.29) is 5.92 Å². The SMILES string of the molecule is CC.CC(C)c1cccc(OC(F)(F)F)n1. The third kappa shape index (κ3) is 5.58. The molecular formula is C11H16F3NO. The van der Waals surface area contributed by atoms with Crippen LogP contribution in [-0.4, -0.2) is 11.3 Å². The molecule has 1 heterocycles. The quantitative estimate of drug-likeness (QED) is 0.768. The standard InChI is InChI=1S/C9H10F3NO.C2H6/c1-6(2)7-4-3-5-8(13-7)14-9(10,11)12;1-2/h3-6H,1-2H3;1-2H3. The second kappa shape index (κ2) is 6.35. The number of rotatable bonds is 2. The van der Waals surface area contributed by atoms with Gasteiger partial charge in [-0.2, -0.15) is 0 Å². The molecule has 0 bridgehead atoms. The molecule has 0 atom stereocenters. The van der Waals surface area contributed by atoms with Gasteiger partial charge in [0.1, 0.15) is 0 Å². The Bertz CT molecular complexity index is 310. The first-order valence-corrected chi connectivity index (χ1v) is 5.11. The van der Waals surface area contributed by atoms with Crippen LogP contribution in [0.2, 0.25) is 0 Å². The van der Waals surface area contributed by atoms with Gasteiger partial charge in [-0.15, -0.1) is 13.2 Å². The second-order valence-electron chi connectivity index (χ2n) is 3.10. The zero-order chi connectivity index (χ0) is 12.8. The Morgan fingerprint density at radius 2 is 1.75 bits per heavy atom. The minimum atomic E-state index is -4.68. The average molecular weight is 235 g/mol. The second-order valence-corrected chi connectivity index (χ2v) is 3.10. The van der Waals surface area contributed by atoms with E-state index >= 15 is 0 Å². The normalized spacial score (nSPS) is 10.8. The molecule has 0 saturated carbocycles. The van der Waals surface area contributed by atoms with Crippen molar-refractivity contribution in [3.8, 4) is 5.88 Å². The van der Waals surface area contributed by atoms with Crippen molar-refractivity contribution in [3.05, 3.63) is 23.9 Å². The molecule has 0 aromatic carbocycles. The Morgan fingerprint density at radius 3 is 2.19 bits per heavy atom. The summed E-state index contributed by atoms with van der Waals surface area (Å²) < 4.78 is 39.1. The molecule has 0 aliphatic rings. The van der Waals surface area contributed by atoms with Crippen LogP contribution in [0.4, 0.5) is 13.2 Å². The Balaban J connectivity index is 0.00000106. The molecule has 0 saturated heterocycles. The maximum atomic E-state index is 11.8. The van der Waals surface area contributed by atoms with Crippen LogP contribution in [0.25, 0.3) is 0 Å². The lowest BCUT2D eigenvalue weighted by molar-refractivity contribution is -0.276. The molecule has 0 N–H and O–H groups in total. The maximum Gasteiger partial charge on any atom is 0.574 e. The van der Waals surface area contributed by atoms with E-state index in [2.05, 4.69) is 9.72 Å². The van der Waals surface area contributed by atoms with E-state index in [1.807, 2.05) is 27.7 Å². The molecular weight excluding hydrogens is 219 g/mol. The fraction of sp³-hybridized carbons (Fsp3) is 0.545.